The van der Waals surface area contributed by atoms with E-state index in [0.717, 1.165) is 17.8 Å². The maximum atomic E-state index is 10.9. The van der Waals surface area contributed by atoms with Crippen LogP contribution in [-0.2, 0) is 4.74 Å². The summed E-state index contributed by atoms with van der Waals surface area (Å²) in [7, 11) is 2.14. The Balaban J connectivity index is 0.838. The fraction of sp³-hybridized carbons (Fsp3) is 1.00. The molecule has 0 aromatic heterocycles. The predicted molar refractivity (Wildman–Crippen MR) is 143 cm³/mol. The second-order valence-electron chi connectivity index (χ2n) is 13.5. The maximum absolute atomic E-state index is 10.9. The first-order chi connectivity index (χ1) is 18.4. The average molecular weight is 535 g/mol. The van der Waals surface area contributed by atoms with Gasteiger partial charge in [-0.1, -0.05) is 0 Å². The normalized spacial score (nSPS) is 51.2. The van der Waals surface area contributed by atoms with Crippen molar-refractivity contribution < 1.29 is 14.9 Å². The van der Waals surface area contributed by atoms with Crippen molar-refractivity contribution in [2.45, 2.75) is 125 Å². The van der Waals surface area contributed by atoms with Crippen molar-refractivity contribution >= 4 is 0 Å². The minimum Gasteiger partial charge on any atom is -0.387 e. The van der Waals surface area contributed by atoms with E-state index in [0.29, 0.717) is 44.2 Å². The first kappa shape index (κ1) is 26.5. The highest BCUT2D eigenvalue weighted by Crippen LogP contribution is 2.45. The Morgan fingerprint density at radius 3 is 2.53 bits per heavy atom. The highest BCUT2D eigenvalue weighted by Gasteiger charge is 2.52. The van der Waals surface area contributed by atoms with Crippen LogP contribution in [0.2, 0.25) is 0 Å². The third kappa shape index (κ3) is 5.07. The number of nitrogens with zero attached hydrogens (tertiary/aromatic N) is 2. The lowest BCUT2D eigenvalue weighted by atomic mass is 9.76. The van der Waals surface area contributed by atoms with Crippen LogP contribution >= 0.6 is 0 Å². The highest BCUT2D eigenvalue weighted by molar-refractivity contribution is 5.03. The van der Waals surface area contributed by atoms with Crippen LogP contribution in [0.15, 0.2) is 0 Å². The number of nitrogens with one attached hydrogen (secondary N) is 5. The van der Waals surface area contributed by atoms with Crippen LogP contribution in [0.1, 0.15) is 57.8 Å². The zero-order chi connectivity index (χ0) is 26.0. The minimum atomic E-state index is -0.939. The lowest BCUT2D eigenvalue weighted by molar-refractivity contribution is -0.108. The van der Waals surface area contributed by atoms with E-state index in [2.05, 4.69) is 43.4 Å². The lowest BCUT2D eigenvalue weighted by Crippen LogP contribution is -2.68. The summed E-state index contributed by atoms with van der Waals surface area (Å²) >= 11 is 0. The topological polar surface area (TPSA) is 142 Å². The number of likely N-dealkylation sites (N-methyl/N-ethyl adjacent to an activating group) is 1. The molecule has 0 aromatic rings. The third-order valence-electron chi connectivity index (χ3n) is 11.1. The van der Waals surface area contributed by atoms with Crippen molar-refractivity contribution in [1.82, 2.24) is 36.4 Å². The molecular formula is C27H50N8O3. The molecule has 7 rings (SSSR count). The second-order valence-corrected chi connectivity index (χ2v) is 13.5. The molecule has 0 bridgehead atoms. The van der Waals surface area contributed by atoms with Crippen molar-refractivity contribution in [1.29, 1.82) is 0 Å². The molecule has 11 nitrogen and oxygen atoms in total. The van der Waals surface area contributed by atoms with E-state index in [1.54, 1.807) is 0 Å². The Bertz CT molecular complexity index is 830. The predicted octanol–water partition coefficient (Wildman–Crippen LogP) is -1.62. The van der Waals surface area contributed by atoms with Crippen LogP contribution in [0.3, 0.4) is 0 Å². The number of aliphatic hydroxyl groups excluding tert-OH is 2. The van der Waals surface area contributed by atoms with Gasteiger partial charge in [0.2, 0.25) is 0 Å². The fourth-order valence-corrected chi connectivity index (χ4v) is 8.45. The molecule has 38 heavy (non-hydrogen) atoms. The molecule has 11 atom stereocenters. The fourth-order valence-electron chi connectivity index (χ4n) is 8.45. The third-order valence-corrected chi connectivity index (χ3v) is 11.1. The Morgan fingerprint density at radius 2 is 1.71 bits per heavy atom. The van der Waals surface area contributed by atoms with Crippen molar-refractivity contribution in [2.75, 3.05) is 26.9 Å². The summed E-state index contributed by atoms with van der Waals surface area (Å²) in [6.07, 6.45) is 9.56. The molecule has 3 aliphatic carbocycles. The van der Waals surface area contributed by atoms with Gasteiger partial charge >= 0.3 is 0 Å². The smallest absolute Gasteiger partial charge is 0.142 e. The van der Waals surface area contributed by atoms with Crippen LogP contribution in [0, 0.1) is 17.8 Å². The molecule has 11 heteroatoms. The molecule has 4 heterocycles. The molecule has 3 saturated carbocycles. The Labute approximate surface area is 226 Å². The van der Waals surface area contributed by atoms with E-state index in [9.17, 15) is 10.2 Å². The van der Waals surface area contributed by atoms with Crippen LogP contribution in [-0.4, -0.2) is 114 Å². The number of aliphatic hydroxyl groups is 2. The van der Waals surface area contributed by atoms with Crippen molar-refractivity contribution in [3.63, 3.8) is 0 Å². The lowest BCUT2D eigenvalue weighted by Gasteiger charge is -2.42. The first-order valence-corrected chi connectivity index (χ1v) is 15.4. The van der Waals surface area contributed by atoms with Crippen LogP contribution in [0.25, 0.3) is 0 Å². The number of ether oxygens (including phenoxy) is 1. The standard InChI is InChI=1S/C27H50N8O3/c1-34(11-20-23(36)24(37)27(38-20)35-13-31-22-25(28)29-12-30-26(22)35)17-8-14(9-17)2-7-21-32-18-6-5-16(15-3-4-15)10-19(18)33-21/h14-27,29-33,36-37H,2-13,28H2,1H3/t14?,16?,17?,18?,19?,20-,21?,22?,23-,24-,25?,26?,27-/m1/s1. The number of rotatable bonds is 8. The Hall–Kier alpha value is -0.440. The van der Waals surface area contributed by atoms with E-state index >= 15 is 0 Å². The Kier molecular flexibility index (Phi) is 7.49. The van der Waals surface area contributed by atoms with E-state index in [-0.39, 0.29) is 18.4 Å². The first-order valence-electron chi connectivity index (χ1n) is 15.4. The molecule has 0 amide bonds. The van der Waals surface area contributed by atoms with Crippen molar-refractivity contribution in [2.24, 2.45) is 23.5 Å². The summed E-state index contributed by atoms with van der Waals surface area (Å²) in [4.78, 5) is 4.40. The van der Waals surface area contributed by atoms with Gasteiger partial charge in [0.15, 0.2) is 0 Å². The molecule has 7 fully saturated rings. The molecule has 7 aliphatic rings. The molecular weight excluding hydrogens is 484 g/mol. The molecule has 0 spiro atoms. The molecule has 7 unspecified atom stereocenters. The molecule has 4 aliphatic heterocycles. The number of fused-ring (bicyclic) bond motifs is 2. The summed E-state index contributed by atoms with van der Waals surface area (Å²) in [6, 6.07) is 1.95. The van der Waals surface area contributed by atoms with E-state index in [1.165, 1.54) is 57.8 Å². The quantitative estimate of drug-likeness (QED) is 0.182. The van der Waals surface area contributed by atoms with E-state index in [1.807, 2.05) is 0 Å². The largest absolute Gasteiger partial charge is 0.387 e. The summed E-state index contributed by atoms with van der Waals surface area (Å²) in [5.74, 6) is 2.80. The zero-order valence-electron chi connectivity index (χ0n) is 22.8. The van der Waals surface area contributed by atoms with Crippen molar-refractivity contribution in [3.8, 4) is 0 Å². The molecule has 4 saturated heterocycles. The highest BCUT2D eigenvalue weighted by atomic mass is 16.6. The van der Waals surface area contributed by atoms with E-state index < -0.39 is 24.5 Å². The van der Waals surface area contributed by atoms with Gasteiger partial charge in [0, 0.05) is 31.3 Å². The van der Waals surface area contributed by atoms with Gasteiger partial charge in [-0.2, -0.15) is 0 Å². The van der Waals surface area contributed by atoms with Gasteiger partial charge in [0.25, 0.3) is 0 Å². The second kappa shape index (κ2) is 10.8. The van der Waals surface area contributed by atoms with Crippen LogP contribution in [0.4, 0.5) is 0 Å². The summed E-state index contributed by atoms with van der Waals surface area (Å²) < 4.78 is 6.28. The average Bonchev–Trinajstić information content (AvgIpc) is 3.42. The minimum absolute atomic E-state index is 0.0312. The molecule has 0 aromatic carbocycles. The SMILES string of the molecule is CN(C[C@H]1O[C@@H](N2CNC3C(N)NCNC32)[C@H](O)[C@@H]1O)C1CC(CCC2NC3CCC(C4CC4)CC3N2)C1. The number of hydrogen-bond acceptors (Lipinski definition) is 11. The number of hydrogen-bond donors (Lipinski definition) is 8. The zero-order valence-corrected chi connectivity index (χ0v) is 22.8. The van der Waals surface area contributed by atoms with Crippen LogP contribution < -0.4 is 32.3 Å². The van der Waals surface area contributed by atoms with Crippen LogP contribution in [0.5, 0.6) is 0 Å². The van der Waals surface area contributed by atoms with E-state index in [4.69, 9.17) is 10.5 Å². The molecule has 0 radical (unpaired) electrons. The summed E-state index contributed by atoms with van der Waals surface area (Å²) in [6.45, 7) is 1.80. The van der Waals surface area contributed by atoms with Gasteiger partial charge in [-0.05, 0) is 82.6 Å². The molecule has 9 N–H and O–H groups in total. The summed E-state index contributed by atoms with van der Waals surface area (Å²) in [5.41, 5.74) is 6.20. The van der Waals surface area contributed by atoms with Crippen molar-refractivity contribution in [3.05, 3.63) is 0 Å². The molecule has 216 valence electrons. The Morgan fingerprint density at radius 1 is 0.921 bits per heavy atom. The monoisotopic (exact) mass is 534 g/mol. The van der Waals surface area contributed by atoms with Gasteiger partial charge < -0.3 is 25.6 Å². The van der Waals surface area contributed by atoms with Gasteiger partial charge in [0.05, 0.1) is 31.2 Å². The maximum Gasteiger partial charge on any atom is 0.142 e. The van der Waals surface area contributed by atoms with Gasteiger partial charge in [-0.25, -0.2) is 4.90 Å². The summed E-state index contributed by atoms with van der Waals surface area (Å²) in [5, 5.41) is 39.5. The van der Waals surface area contributed by atoms with Gasteiger partial charge in [-0.3, -0.25) is 26.6 Å². The van der Waals surface area contributed by atoms with Gasteiger partial charge in [-0.15, -0.1) is 0 Å². The number of nitrogens with two attached hydrogens (primary N) is 1. The van der Waals surface area contributed by atoms with Gasteiger partial charge in [0.1, 0.15) is 24.5 Å².